The van der Waals surface area contributed by atoms with Crippen LogP contribution < -0.4 is 5.56 Å². The van der Waals surface area contributed by atoms with Gasteiger partial charge in [-0.25, -0.2) is 0 Å². The quantitative estimate of drug-likeness (QED) is 0.900. The number of aliphatic hydroxyl groups excluding tert-OH is 1. The zero-order valence-corrected chi connectivity index (χ0v) is 10.6. The Hall–Kier alpha value is -1.87. The van der Waals surface area contributed by atoms with Crippen LogP contribution in [-0.2, 0) is 0 Å². The molecule has 0 bridgehead atoms. The number of rotatable bonds is 3. The summed E-state index contributed by atoms with van der Waals surface area (Å²) in [6.07, 6.45) is 0.981. The second kappa shape index (κ2) is 5.19. The third-order valence-electron chi connectivity index (χ3n) is 2.96. The second-order valence-electron chi connectivity index (χ2n) is 4.61. The van der Waals surface area contributed by atoms with E-state index in [2.05, 4.69) is 0 Å². The maximum atomic E-state index is 11.9. The minimum atomic E-state index is -0.749. The molecular formula is C15H17NO2. The van der Waals surface area contributed by atoms with E-state index in [9.17, 15) is 9.90 Å². The number of nitrogens with zero attached hydrogens (tertiary/aromatic N) is 1. The summed E-state index contributed by atoms with van der Waals surface area (Å²) in [7, 11) is 0. The van der Waals surface area contributed by atoms with E-state index in [-0.39, 0.29) is 11.6 Å². The topological polar surface area (TPSA) is 42.2 Å². The highest BCUT2D eigenvalue weighted by atomic mass is 16.3. The first-order valence-electron chi connectivity index (χ1n) is 6.04. The van der Waals surface area contributed by atoms with Gasteiger partial charge in [-0.15, -0.1) is 0 Å². The van der Waals surface area contributed by atoms with E-state index in [1.165, 1.54) is 6.07 Å². The minimum absolute atomic E-state index is 0.0857. The van der Waals surface area contributed by atoms with Gasteiger partial charge in [0.15, 0.2) is 0 Å². The predicted octanol–water partition coefficient (Wildman–Crippen LogP) is 2.51. The van der Waals surface area contributed by atoms with Crippen molar-refractivity contribution in [1.29, 1.82) is 0 Å². The highest BCUT2D eigenvalue weighted by molar-refractivity contribution is 5.28. The minimum Gasteiger partial charge on any atom is -0.384 e. The average Bonchev–Trinajstić information content (AvgIpc) is 2.38. The van der Waals surface area contributed by atoms with Gasteiger partial charge in [0, 0.05) is 18.3 Å². The number of hydrogen-bond donors (Lipinski definition) is 1. The summed E-state index contributed by atoms with van der Waals surface area (Å²) in [4.78, 5) is 11.9. The Morgan fingerprint density at radius 1 is 1.06 bits per heavy atom. The molecule has 0 aliphatic rings. The smallest absolute Gasteiger partial charge is 0.251 e. The lowest BCUT2D eigenvalue weighted by Gasteiger charge is -2.14. The van der Waals surface area contributed by atoms with Crippen molar-refractivity contribution in [2.24, 2.45) is 0 Å². The fourth-order valence-electron chi connectivity index (χ4n) is 1.93. The molecule has 18 heavy (non-hydrogen) atoms. The lowest BCUT2D eigenvalue weighted by atomic mass is 10.0. The summed E-state index contributed by atoms with van der Waals surface area (Å²) in [6.45, 7) is 3.91. The Bertz CT molecular complexity index is 573. The lowest BCUT2D eigenvalue weighted by Crippen LogP contribution is -2.21. The molecule has 0 saturated carbocycles. The molecule has 0 aliphatic carbocycles. The van der Waals surface area contributed by atoms with Crippen LogP contribution in [0.3, 0.4) is 0 Å². The molecule has 3 nitrogen and oxygen atoms in total. The lowest BCUT2D eigenvalue weighted by molar-refractivity contribution is 0.220. The van der Waals surface area contributed by atoms with Crippen molar-refractivity contribution < 1.29 is 5.11 Å². The molecule has 0 fully saturated rings. The molecule has 1 heterocycles. The summed E-state index contributed by atoms with van der Waals surface area (Å²) < 4.78 is 1.64. The van der Waals surface area contributed by atoms with E-state index in [1.54, 1.807) is 16.8 Å². The molecule has 94 valence electrons. The highest BCUT2D eigenvalue weighted by Gasteiger charge is 2.11. The summed E-state index contributed by atoms with van der Waals surface area (Å²) >= 11 is 0. The van der Waals surface area contributed by atoms with Crippen LogP contribution in [0.4, 0.5) is 0 Å². The molecule has 1 N–H and O–H groups in total. The van der Waals surface area contributed by atoms with Gasteiger partial charge in [0.05, 0.1) is 0 Å². The van der Waals surface area contributed by atoms with Crippen LogP contribution in [0.25, 0.3) is 0 Å². The van der Waals surface area contributed by atoms with Gasteiger partial charge in [-0.3, -0.25) is 4.79 Å². The van der Waals surface area contributed by atoms with E-state index < -0.39 is 6.10 Å². The van der Waals surface area contributed by atoms with Crippen molar-refractivity contribution in [3.05, 3.63) is 70.1 Å². The van der Waals surface area contributed by atoms with Gasteiger partial charge in [-0.2, -0.15) is 0 Å². The molecule has 1 aromatic heterocycles. The first kappa shape index (κ1) is 12.6. The Morgan fingerprint density at radius 3 is 2.28 bits per heavy atom. The van der Waals surface area contributed by atoms with Crippen LogP contribution >= 0.6 is 0 Å². The third kappa shape index (κ3) is 2.51. The van der Waals surface area contributed by atoms with Crippen LogP contribution in [0.15, 0.2) is 53.5 Å². The molecule has 2 rings (SSSR count). The molecular weight excluding hydrogens is 226 g/mol. The van der Waals surface area contributed by atoms with E-state index in [0.717, 1.165) is 5.56 Å². The van der Waals surface area contributed by atoms with Crippen molar-refractivity contribution in [2.75, 3.05) is 0 Å². The SMILES string of the molecule is CC(C)n1ccc(C(O)c2ccccc2)cc1=O. The van der Waals surface area contributed by atoms with Crippen molar-refractivity contribution >= 4 is 0 Å². The Balaban J connectivity index is 2.36. The van der Waals surface area contributed by atoms with Crippen molar-refractivity contribution in [1.82, 2.24) is 4.57 Å². The Labute approximate surface area is 106 Å². The van der Waals surface area contributed by atoms with E-state index in [0.29, 0.717) is 5.56 Å². The van der Waals surface area contributed by atoms with E-state index >= 15 is 0 Å². The van der Waals surface area contributed by atoms with Crippen LogP contribution in [0.5, 0.6) is 0 Å². The maximum Gasteiger partial charge on any atom is 0.251 e. The van der Waals surface area contributed by atoms with E-state index in [1.807, 2.05) is 44.2 Å². The fraction of sp³-hybridized carbons (Fsp3) is 0.267. The zero-order chi connectivity index (χ0) is 13.1. The van der Waals surface area contributed by atoms with Crippen LogP contribution in [0.2, 0.25) is 0 Å². The monoisotopic (exact) mass is 243 g/mol. The molecule has 0 spiro atoms. The first-order chi connectivity index (χ1) is 8.59. The Kier molecular flexibility index (Phi) is 3.63. The van der Waals surface area contributed by atoms with Gasteiger partial charge in [-0.1, -0.05) is 30.3 Å². The number of aromatic nitrogens is 1. The van der Waals surface area contributed by atoms with Gasteiger partial charge >= 0.3 is 0 Å². The van der Waals surface area contributed by atoms with Crippen molar-refractivity contribution in [2.45, 2.75) is 26.0 Å². The van der Waals surface area contributed by atoms with Crippen molar-refractivity contribution in [3.8, 4) is 0 Å². The molecule has 2 aromatic rings. The number of hydrogen-bond acceptors (Lipinski definition) is 2. The second-order valence-corrected chi connectivity index (χ2v) is 4.61. The zero-order valence-electron chi connectivity index (χ0n) is 10.6. The fourth-order valence-corrected chi connectivity index (χ4v) is 1.93. The molecule has 0 radical (unpaired) electrons. The summed E-state index contributed by atoms with van der Waals surface area (Å²) in [5, 5.41) is 10.2. The van der Waals surface area contributed by atoms with E-state index in [4.69, 9.17) is 0 Å². The Morgan fingerprint density at radius 2 is 1.72 bits per heavy atom. The number of benzene rings is 1. The van der Waals surface area contributed by atoms with Gasteiger partial charge in [-0.05, 0) is 31.0 Å². The van der Waals surface area contributed by atoms with Gasteiger partial charge in [0.2, 0.25) is 0 Å². The summed E-state index contributed by atoms with van der Waals surface area (Å²) in [6, 6.07) is 12.7. The van der Waals surface area contributed by atoms with Crippen LogP contribution in [-0.4, -0.2) is 9.67 Å². The molecule has 0 saturated heterocycles. The van der Waals surface area contributed by atoms with Crippen LogP contribution in [0.1, 0.15) is 37.1 Å². The normalized spacial score (nSPS) is 12.7. The molecule has 3 heteroatoms. The molecule has 1 aromatic carbocycles. The molecule has 0 aliphatic heterocycles. The van der Waals surface area contributed by atoms with Crippen LogP contribution in [0, 0.1) is 0 Å². The molecule has 0 amide bonds. The maximum absolute atomic E-state index is 11.9. The largest absolute Gasteiger partial charge is 0.384 e. The van der Waals surface area contributed by atoms with Crippen molar-refractivity contribution in [3.63, 3.8) is 0 Å². The van der Waals surface area contributed by atoms with Gasteiger partial charge in [0.1, 0.15) is 6.10 Å². The molecule has 1 unspecified atom stereocenters. The number of aliphatic hydroxyl groups is 1. The third-order valence-corrected chi connectivity index (χ3v) is 2.96. The van der Waals surface area contributed by atoms with Gasteiger partial charge in [0.25, 0.3) is 5.56 Å². The highest BCUT2D eigenvalue weighted by Crippen LogP contribution is 2.20. The summed E-state index contributed by atoms with van der Waals surface area (Å²) in [5.74, 6) is 0. The predicted molar refractivity (Wildman–Crippen MR) is 71.6 cm³/mol. The number of pyridine rings is 1. The standard InChI is InChI=1S/C15H17NO2/c1-11(2)16-9-8-13(10-14(16)17)15(18)12-6-4-3-5-7-12/h3-11,15,18H,1-2H3. The summed E-state index contributed by atoms with van der Waals surface area (Å²) in [5.41, 5.74) is 1.33. The average molecular weight is 243 g/mol. The van der Waals surface area contributed by atoms with Gasteiger partial charge < -0.3 is 9.67 Å². The molecule has 1 atom stereocenters. The first-order valence-corrected chi connectivity index (χ1v) is 6.04.